The molecule has 0 bridgehead atoms. The number of hydrogen-bond acceptors (Lipinski definition) is 3. The molecule has 0 aliphatic rings. The molecular formula is C15H19FN2O. The second kappa shape index (κ2) is 5.43. The van der Waals surface area contributed by atoms with Gasteiger partial charge in [-0.3, -0.25) is 4.98 Å². The van der Waals surface area contributed by atoms with Crippen LogP contribution in [0.4, 0.5) is 10.1 Å². The summed E-state index contributed by atoms with van der Waals surface area (Å²) in [5, 5.41) is 0.718. The summed E-state index contributed by atoms with van der Waals surface area (Å²) in [6.07, 6.45) is 2.41. The SMILES string of the molecule is CC(C)CC(C)Oc1c(F)cc(N)c2cccnc12. The van der Waals surface area contributed by atoms with E-state index in [1.165, 1.54) is 6.07 Å². The predicted molar refractivity (Wildman–Crippen MR) is 75.7 cm³/mol. The molecule has 0 spiro atoms. The molecule has 1 unspecified atom stereocenters. The molecule has 0 radical (unpaired) electrons. The van der Waals surface area contributed by atoms with Gasteiger partial charge in [0.1, 0.15) is 5.52 Å². The molecule has 0 fully saturated rings. The zero-order valence-electron chi connectivity index (χ0n) is 11.5. The molecule has 2 N–H and O–H groups in total. The van der Waals surface area contributed by atoms with E-state index in [9.17, 15) is 4.39 Å². The number of ether oxygens (including phenoxy) is 1. The van der Waals surface area contributed by atoms with Crippen LogP contribution in [0.25, 0.3) is 10.9 Å². The molecule has 1 aromatic heterocycles. The Hall–Kier alpha value is -1.84. The van der Waals surface area contributed by atoms with Crippen molar-refractivity contribution in [3.63, 3.8) is 0 Å². The van der Waals surface area contributed by atoms with Crippen LogP contribution < -0.4 is 10.5 Å². The molecule has 2 aromatic rings. The second-order valence-corrected chi connectivity index (χ2v) is 5.23. The molecule has 0 saturated heterocycles. The van der Waals surface area contributed by atoms with Crippen molar-refractivity contribution in [2.75, 3.05) is 5.73 Å². The van der Waals surface area contributed by atoms with Gasteiger partial charge < -0.3 is 10.5 Å². The van der Waals surface area contributed by atoms with Gasteiger partial charge in [-0.2, -0.15) is 0 Å². The normalized spacial score (nSPS) is 12.9. The lowest BCUT2D eigenvalue weighted by Gasteiger charge is -2.18. The van der Waals surface area contributed by atoms with Crippen LogP contribution in [-0.4, -0.2) is 11.1 Å². The molecule has 3 nitrogen and oxygen atoms in total. The lowest BCUT2D eigenvalue weighted by Crippen LogP contribution is -2.15. The Labute approximate surface area is 112 Å². The first-order valence-electron chi connectivity index (χ1n) is 6.48. The van der Waals surface area contributed by atoms with Crippen LogP contribution in [0, 0.1) is 11.7 Å². The Balaban J connectivity index is 2.42. The Morgan fingerprint density at radius 1 is 1.37 bits per heavy atom. The number of halogens is 1. The molecule has 2 rings (SSSR count). The van der Waals surface area contributed by atoms with Gasteiger partial charge in [-0.15, -0.1) is 0 Å². The number of aromatic nitrogens is 1. The van der Waals surface area contributed by atoms with Crippen molar-refractivity contribution in [1.29, 1.82) is 0 Å². The Morgan fingerprint density at radius 2 is 2.11 bits per heavy atom. The first-order chi connectivity index (χ1) is 8.99. The van der Waals surface area contributed by atoms with Crippen LogP contribution in [0.5, 0.6) is 5.75 Å². The largest absolute Gasteiger partial charge is 0.485 e. The molecule has 1 aromatic carbocycles. The van der Waals surface area contributed by atoms with E-state index in [1.54, 1.807) is 12.3 Å². The minimum absolute atomic E-state index is 0.0664. The number of rotatable bonds is 4. The summed E-state index contributed by atoms with van der Waals surface area (Å²) in [5.41, 5.74) is 6.66. The van der Waals surface area contributed by atoms with Gasteiger partial charge in [0.25, 0.3) is 0 Å². The van der Waals surface area contributed by atoms with Crippen molar-refractivity contribution in [2.24, 2.45) is 5.92 Å². The molecule has 0 aliphatic heterocycles. The number of anilines is 1. The topological polar surface area (TPSA) is 48.1 Å². The van der Waals surface area contributed by atoms with E-state index in [0.29, 0.717) is 17.1 Å². The molecule has 4 heteroatoms. The average molecular weight is 262 g/mol. The van der Waals surface area contributed by atoms with Crippen LogP contribution in [-0.2, 0) is 0 Å². The van der Waals surface area contributed by atoms with Gasteiger partial charge in [0.05, 0.1) is 6.10 Å². The van der Waals surface area contributed by atoms with E-state index in [2.05, 4.69) is 18.8 Å². The highest BCUT2D eigenvalue weighted by molar-refractivity contribution is 5.94. The van der Waals surface area contributed by atoms with Gasteiger partial charge in [0.2, 0.25) is 0 Å². The van der Waals surface area contributed by atoms with Crippen molar-refractivity contribution in [3.05, 3.63) is 30.2 Å². The number of nitrogens with two attached hydrogens (primary N) is 1. The molecule has 1 atom stereocenters. The van der Waals surface area contributed by atoms with Gasteiger partial charge in [-0.1, -0.05) is 13.8 Å². The summed E-state index contributed by atoms with van der Waals surface area (Å²) in [7, 11) is 0. The number of hydrogen-bond donors (Lipinski definition) is 1. The predicted octanol–water partition coefficient (Wildman–Crippen LogP) is 3.77. The van der Waals surface area contributed by atoms with E-state index in [1.807, 2.05) is 13.0 Å². The standard InChI is InChI=1S/C15H19FN2O/c1-9(2)7-10(3)19-15-12(16)8-13(17)11-5-4-6-18-14(11)15/h4-6,8-10H,7,17H2,1-3H3. The van der Waals surface area contributed by atoms with Crippen LogP contribution in [0.15, 0.2) is 24.4 Å². The van der Waals surface area contributed by atoms with Crippen molar-refractivity contribution >= 4 is 16.6 Å². The van der Waals surface area contributed by atoms with Crippen LogP contribution in [0.3, 0.4) is 0 Å². The molecular weight excluding hydrogens is 243 g/mol. The van der Waals surface area contributed by atoms with Crippen molar-refractivity contribution in [1.82, 2.24) is 4.98 Å². The van der Waals surface area contributed by atoms with E-state index in [-0.39, 0.29) is 11.9 Å². The van der Waals surface area contributed by atoms with Crippen molar-refractivity contribution < 1.29 is 9.13 Å². The fraction of sp³-hybridized carbons (Fsp3) is 0.400. The fourth-order valence-electron chi connectivity index (χ4n) is 2.24. The van der Waals surface area contributed by atoms with Gasteiger partial charge in [-0.25, -0.2) is 4.39 Å². The minimum atomic E-state index is -0.459. The van der Waals surface area contributed by atoms with Crippen molar-refractivity contribution in [3.8, 4) is 5.75 Å². The third-order valence-electron chi connectivity index (χ3n) is 2.96. The summed E-state index contributed by atoms with van der Waals surface area (Å²) in [6, 6.07) is 4.89. The summed E-state index contributed by atoms with van der Waals surface area (Å²) >= 11 is 0. The highest BCUT2D eigenvalue weighted by Gasteiger charge is 2.16. The minimum Gasteiger partial charge on any atom is -0.485 e. The number of pyridine rings is 1. The number of nitrogen functional groups attached to an aromatic ring is 1. The second-order valence-electron chi connectivity index (χ2n) is 5.23. The average Bonchev–Trinajstić information content (AvgIpc) is 2.33. The molecule has 0 amide bonds. The van der Waals surface area contributed by atoms with E-state index >= 15 is 0 Å². The van der Waals surface area contributed by atoms with E-state index in [0.717, 1.165) is 11.8 Å². The monoisotopic (exact) mass is 262 g/mol. The highest BCUT2D eigenvalue weighted by atomic mass is 19.1. The maximum Gasteiger partial charge on any atom is 0.181 e. The first kappa shape index (κ1) is 13.6. The zero-order valence-corrected chi connectivity index (χ0v) is 11.5. The third kappa shape index (κ3) is 2.95. The lowest BCUT2D eigenvalue weighted by molar-refractivity contribution is 0.187. The Kier molecular flexibility index (Phi) is 3.88. The van der Waals surface area contributed by atoms with Gasteiger partial charge in [-0.05, 0) is 31.4 Å². The molecule has 0 aliphatic carbocycles. The molecule has 102 valence electrons. The molecule has 19 heavy (non-hydrogen) atoms. The van der Waals surface area contributed by atoms with Crippen LogP contribution in [0.1, 0.15) is 27.2 Å². The maximum atomic E-state index is 14.0. The maximum absolute atomic E-state index is 14.0. The fourth-order valence-corrected chi connectivity index (χ4v) is 2.24. The summed E-state index contributed by atoms with van der Waals surface area (Å²) < 4.78 is 19.8. The third-order valence-corrected chi connectivity index (χ3v) is 2.96. The highest BCUT2D eigenvalue weighted by Crippen LogP contribution is 2.32. The Bertz CT molecular complexity index is 584. The summed E-state index contributed by atoms with van der Waals surface area (Å²) in [4.78, 5) is 4.19. The van der Waals surface area contributed by atoms with Gasteiger partial charge in [0.15, 0.2) is 11.6 Å². The van der Waals surface area contributed by atoms with E-state index in [4.69, 9.17) is 10.5 Å². The smallest absolute Gasteiger partial charge is 0.181 e. The van der Waals surface area contributed by atoms with Gasteiger partial charge >= 0.3 is 0 Å². The first-order valence-corrected chi connectivity index (χ1v) is 6.48. The Morgan fingerprint density at radius 3 is 2.79 bits per heavy atom. The molecule has 1 heterocycles. The van der Waals surface area contributed by atoms with E-state index < -0.39 is 5.82 Å². The number of nitrogens with zero attached hydrogens (tertiary/aromatic N) is 1. The summed E-state index contributed by atoms with van der Waals surface area (Å²) in [5.74, 6) is 0.225. The zero-order chi connectivity index (χ0) is 14.0. The number of fused-ring (bicyclic) bond motifs is 1. The summed E-state index contributed by atoms with van der Waals surface area (Å²) in [6.45, 7) is 6.15. The van der Waals surface area contributed by atoms with Crippen LogP contribution in [0.2, 0.25) is 0 Å². The lowest BCUT2D eigenvalue weighted by atomic mass is 10.1. The number of benzene rings is 1. The molecule has 0 saturated carbocycles. The van der Waals surface area contributed by atoms with Crippen molar-refractivity contribution in [2.45, 2.75) is 33.3 Å². The van der Waals surface area contributed by atoms with Crippen LogP contribution >= 0.6 is 0 Å². The van der Waals surface area contributed by atoms with Gasteiger partial charge in [0, 0.05) is 23.3 Å². The quantitative estimate of drug-likeness (QED) is 0.853.